The quantitative estimate of drug-likeness (QED) is 0.457. The van der Waals surface area contributed by atoms with Crippen molar-refractivity contribution >= 4 is 17.4 Å². The minimum Gasteiger partial charge on any atom is -0.369 e. The van der Waals surface area contributed by atoms with Crippen LogP contribution in [-0.4, -0.2) is 55.9 Å². The number of ketones is 1. The van der Waals surface area contributed by atoms with Crippen molar-refractivity contribution in [3.63, 3.8) is 0 Å². The summed E-state index contributed by atoms with van der Waals surface area (Å²) in [7, 11) is 0. The van der Waals surface area contributed by atoms with Crippen molar-refractivity contribution in [1.82, 2.24) is 10.2 Å². The molecule has 0 aromatic heterocycles. The van der Waals surface area contributed by atoms with Crippen LogP contribution in [0.15, 0.2) is 48.5 Å². The van der Waals surface area contributed by atoms with Crippen molar-refractivity contribution in [2.24, 2.45) is 0 Å². The average Bonchev–Trinajstić information content (AvgIpc) is 3.31. The summed E-state index contributed by atoms with van der Waals surface area (Å²) in [6.45, 7) is 6.08. The third-order valence-corrected chi connectivity index (χ3v) is 6.72. The first-order chi connectivity index (χ1) is 15.7. The van der Waals surface area contributed by atoms with Gasteiger partial charge in [0.15, 0.2) is 5.78 Å². The number of hydrogen-bond acceptors (Lipinski definition) is 4. The van der Waals surface area contributed by atoms with Gasteiger partial charge in [-0.2, -0.15) is 0 Å². The van der Waals surface area contributed by atoms with E-state index in [1.807, 2.05) is 12.1 Å². The van der Waals surface area contributed by atoms with Crippen LogP contribution in [0, 0.1) is 0 Å². The summed E-state index contributed by atoms with van der Waals surface area (Å²) in [5.74, 6) is 0.0560. The number of fused-ring (bicyclic) bond motifs is 1. The van der Waals surface area contributed by atoms with Crippen molar-refractivity contribution in [3.05, 3.63) is 65.2 Å². The van der Waals surface area contributed by atoms with Crippen LogP contribution in [0.4, 0.5) is 5.69 Å². The summed E-state index contributed by atoms with van der Waals surface area (Å²) < 4.78 is 0. The van der Waals surface area contributed by atoms with Gasteiger partial charge in [-0.05, 0) is 68.0 Å². The van der Waals surface area contributed by atoms with E-state index in [2.05, 4.69) is 51.5 Å². The molecular weight excluding hydrogens is 398 g/mol. The third-order valence-electron chi connectivity index (χ3n) is 6.72. The van der Waals surface area contributed by atoms with Crippen molar-refractivity contribution in [2.45, 2.75) is 44.9 Å². The predicted molar refractivity (Wildman–Crippen MR) is 129 cm³/mol. The lowest BCUT2D eigenvalue weighted by Gasteiger charge is -2.36. The molecule has 0 saturated carbocycles. The van der Waals surface area contributed by atoms with E-state index in [0.29, 0.717) is 6.54 Å². The Bertz CT molecular complexity index is 904. The van der Waals surface area contributed by atoms with Gasteiger partial charge in [-0.15, -0.1) is 0 Å². The van der Waals surface area contributed by atoms with Crippen molar-refractivity contribution < 1.29 is 9.59 Å². The number of unbranched alkanes of at least 4 members (excludes halogenated alkanes) is 1. The number of hydrogen-bond donors (Lipinski definition) is 1. The number of aryl methyl sites for hydroxylation is 2. The normalized spacial score (nSPS) is 16.1. The van der Waals surface area contributed by atoms with Gasteiger partial charge >= 0.3 is 0 Å². The lowest BCUT2D eigenvalue weighted by atomic mass is 10.0. The molecule has 5 nitrogen and oxygen atoms in total. The maximum Gasteiger partial charge on any atom is 0.220 e. The van der Waals surface area contributed by atoms with Gasteiger partial charge in [0, 0.05) is 56.8 Å². The molecule has 1 aliphatic carbocycles. The number of piperazine rings is 1. The highest BCUT2D eigenvalue weighted by atomic mass is 16.2. The Kier molecular flexibility index (Phi) is 7.94. The van der Waals surface area contributed by atoms with E-state index in [-0.39, 0.29) is 24.5 Å². The molecule has 1 aliphatic heterocycles. The molecule has 0 bridgehead atoms. The van der Waals surface area contributed by atoms with Gasteiger partial charge in [0.1, 0.15) is 0 Å². The zero-order chi connectivity index (χ0) is 22.2. The van der Waals surface area contributed by atoms with Gasteiger partial charge in [0.05, 0.1) is 0 Å². The van der Waals surface area contributed by atoms with E-state index in [9.17, 15) is 9.59 Å². The minimum absolute atomic E-state index is 0.0176. The Morgan fingerprint density at radius 1 is 0.844 bits per heavy atom. The highest BCUT2D eigenvalue weighted by Gasteiger charge is 2.17. The standard InChI is InChI=1S/C27H35N3O2/c31-26(24-12-11-22-7-6-8-23(22)21-24)13-14-27(32)28-15-4-5-16-29-17-19-30(20-18-29)25-9-2-1-3-10-25/h1-3,9-12,21H,4-8,13-20H2,(H,28,32). The third kappa shape index (κ3) is 6.19. The lowest BCUT2D eigenvalue weighted by Crippen LogP contribution is -2.46. The SMILES string of the molecule is O=C(CCC(=O)c1ccc2c(c1)CCC2)NCCCCN1CCN(c2ccccc2)CC1. The molecule has 170 valence electrons. The topological polar surface area (TPSA) is 52.7 Å². The zero-order valence-corrected chi connectivity index (χ0v) is 19.0. The molecule has 0 atom stereocenters. The summed E-state index contributed by atoms with van der Waals surface area (Å²) in [4.78, 5) is 29.5. The van der Waals surface area contributed by atoms with Crippen molar-refractivity contribution in [1.29, 1.82) is 0 Å². The van der Waals surface area contributed by atoms with Crippen LogP contribution in [0.1, 0.15) is 53.6 Å². The largest absolute Gasteiger partial charge is 0.369 e. The van der Waals surface area contributed by atoms with E-state index in [4.69, 9.17) is 0 Å². The van der Waals surface area contributed by atoms with E-state index >= 15 is 0 Å². The molecule has 0 radical (unpaired) electrons. The Morgan fingerprint density at radius 2 is 1.62 bits per heavy atom. The molecule has 2 aromatic rings. The fourth-order valence-corrected chi connectivity index (χ4v) is 4.76. The van der Waals surface area contributed by atoms with Crippen LogP contribution >= 0.6 is 0 Å². The highest BCUT2D eigenvalue weighted by Crippen LogP contribution is 2.23. The molecule has 1 saturated heterocycles. The maximum atomic E-state index is 12.4. The average molecular weight is 434 g/mol. The zero-order valence-electron chi connectivity index (χ0n) is 19.0. The van der Waals surface area contributed by atoms with Crippen LogP contribution in [0.25, 0.3) is 0 Å². The number of benzene rings is 2. The van der Waals surface area contributed by atoms with Crippen LogP contribution in [0.2, 0.25) is 0 Å². The molecular formula is C27H35N3O2. The molecule has 5 heteroatoms. The molecule has 2 aliphatic rings. The van der Waals surface area contributed by atoms with E-state index in [0.717, 1.165) is 64.0 Å². The van der Waals surface area contributed by atoms with Crippen LogP contribution < -0.4 is 10.2 Å². The first-order valence-corrected chi connectivity index (χ1v) is 12.1. The molecule has 1 N–H and O–H groups in total. The summed E-state index contributed by atoms with van der Waals surface area (Å²) in [6, 6.07) is 16.6. The van der Waals surface area contributed by atoms with Gasteiger partial charge in [-0.1, -0.05) is 30.3 Å². The summed E-state index contributed by atoms with van der Waals surface area (Å²) in [5.41, 5.74) is 4.74. The lowest BCUT2D eigenvalue weighted by molar-refractivity contribution is -0.121. The van der Waals surface area contributed by atoms with Gasteiger partial charge in [0.25, 0.3) is 0 Å². The number of nitrogens with one attached hydrogen (secondary N) is 1. The number of para-hydroxylation sites is 1. The summed E-state index contributed by atoms with van der Waals surface area (Å²) >= 11 is 0. The fraction of sp³-hybridized carbons (Fsp3) is 0.481. The molecule has 4 rings (SSSR count). The second kappa shape index (κ2) is 11.3. The number of carbonyl (C=O) groups is 2. The van der Waals surface area contributed by atoms with Crippen LogP contribution in [0.5, 0.6) is 0 Å². The van der Waals surface area contributed by atoms with E-state index in [1.165, 1.54) is 23.2 Å². The van der Waals surface area contributed by atoms with Gasteiger partial charge in [-0.3, -0.25) is 14.5 Å². The number of rotatable bonds is 10. The van der Waals surface area contributed by atoms with E-state index in [1.54, 1.807) is 0 Å². The van der Waals surface area contributed by atoms with Crippen molar-refractivity contribution in [2.75, 3.05) is 44.2 Å². The first-order valence-electron chi connectivity index (χ1n) is 12.1. The Labute approximate surface area is 191 Å². The molecule has 1 heterocycles. The second-order valence-electron chi connectivity index (χ2n) is 8.98. The highest BCUT2D eigenvalue weighted by molar-refractivity contribution is 5.98. The Morgan fingerprint density at radius 3 is 2.44 bits per heavy atom. The molecule has 0 unspecified atom stereocenters. The van der Waals surface area contributed by atoms with Crippen LogP contribution in [-0.2, 0) is 17.6 Å². The number of nitrogens with zero attached hydrogens (tertiary/aromatic N) is 2. The minimum atomic E-state index is -0.0176. The maximum absolute atomic E-state index is 12.4. The van der Waals surface area contributed by atoms with E-state index < -0.39 is 0 Å². The summed E-state index contributed by atoms with van der Waals surface area (Å²) in [5, 5.41) is 2.98. The summed E-state index contributed by atoms with van der Waals surface area (Å²) in [6.07, 6.45) is 5.99. The number of carbonyl (C=O) groups excluding carboxylic acids is 2. The Balaban J connectivity index is 1.06. The van der Waals surface area contributed by atoms with Crippen molar-refractivity contribution in [3.8, 4) is 0 Å². The number of Topliss-reactive ketones (excluding diaryl/α,β-unsaturated/α-hetero) is 1. The van der Waals surface area contributed by atoms with Gasteiger partial charge in [-0.25, -0.2) is 0 Å². The number of amides is 1. The number of anilines is 1. The molecule has 2 aromatic carbocycles. The monoisotopic (exact) mass is 433 g/mol. The predicted octanol–water partition coefficient (Wildman–Crippen LogP) is 3.86. The molecule has 1 amide bonds. The second-order valence-corrected chi connectivity index (χ2v) is 8.98. The van der Waals surface area contributed by atoms with Gasteiger partial charge in [0.2, 0.25) is 5.91 Å². The molecule has 0 spiro atoms. The fourth-order valence-electron chi connectivity index (χ4n) is 4.76. The molecule has 1 fully saturated rings. The molecule has 32 heavy (non-hydrogen) atoms. The first kappa shape index (κ1) is 22.5. The van der Waals surface area contributed by atoms with Gasteiger partial charge < -0.3 is 10.2 Å². The van der Waals surface area contributed by atoms with Crippen LogP contribution in [0.3, 0.4) is 0 Å². The Hall–Kier alpha value is -2.66. The smallest absolute Gasteiger partial charge is 0.220 e.